The summed E-state index contributed by atoms with van der Waals surface area (Å²) < 4.78 is 14.6. The van der Waals surface area contributed by atoms with Gasteiger partial charge in [0.05, 0.1) is 62.1 Å². The maximum absolute atomic E-state index is 14.8. The summed E-state index contributed by atoms with van der Waals surface area (Å²) in [6.45, 7) is 3.12. The number of amides is 2. The van der Waals surface area contributed by atoms with Crippen LogP contribution in [0.2, 0.25) is 0 Å². The van der Waals surface area contributed by atoms with Crippen LogP contribution in [0.5, 0.6) is 5.75 Å². The van der Waals surface area contributed by atoms with Crippen molar-refractivity contribution in [1.29, 1.82) is 0 Å². The van der Waals surface area contributed by atoms with Gasteiger partial charge in [-0.2, -0.15) is 0 Å². The van der Waals surface area contributed by atoms with Gasteiger partial charge >= 0.3 is 5.97 Å². The number of carboxylic acids is 2. The topological polar surface area (TPSA) is 251 Å². The van der Waals surface area contributed by atoms with Crippen molar-refractivity contribution in [2.75, 3.05) is 83.0 Å². The monoisotopic (exact) mass is 1780 g/mol. The minimum Gasteiger partial charge on any atom is -0.545 e. The average Bonchev–Trinajstić information content (AvgIpc) is 0.755. The number of fused-ring (bicyclic) bond motifs is 12. The molecule has 0 unspecified atom stereocenters. The smallest absolute Gasteiger partial charge is 0.336 e. The van der Waals surface area contributed by atoms with E-state index >= 15 is 0 Å². The maximum atomic E-state index is 14.8. The summed E-state index contributed by atoms with van der Waals surface area (Å²) in [5.74, 6) is -2.21. The number of unbranched alkanes of at least 4 members (excludes halogenated alkanes) is 4. The van der Waals surface area contributed by atoms with Crippen molar-refractivity contribution in [3.63, 3.8) is 0 Å². The lowest BCUT2D eigenvalue weighted by Crippen LogP contribution is -2.34. The quantitative estimate of drug-likeness (QED) is 0.0193. The molecule has 13 aromatic carbocycles. The molecule has 5 heterocycles. The molecule has 0 atom stereocenters. The first kappa shape index (κ1) is 89.4. The zero-order valence-corrected chi connectivity index (χ0v) is 75.0. The molecule has 3 aromatic heterocycles. The number of rotatable bonds is 29. The predicted molar refractivity (Wildman–Crippen MR) is 546 cm³/mol. The van der Waals surface area contributed by atoms with Gasteiger partial charge < -0.3 is 54.3 Å². The van der Waals surface area contributed by atoms with E-state index in [1.54, 1.807) is 36.4 Å². The molecular formula is C116H103N9O10. The Morgan fingerprint density at radius 3 is 1.24 bits per heavy atom. The van der Waals surface area contributed by atoms with Gasteiger partial charge in [-0.3, -0.25) is 14.4 Å². The lowest BCUT2D eigenvalue weighted by molar-refractivity contribution is -0.255. The first-order chi connectivity index (χ1) is 65.4. The molecule has 0 fully saturated rings. The Morgan fingerprint density at radius 1 is 0.385 bits per heavy atom. The molecule has 672 valence electrons. The van der Waals surface area contributed by atoms with Crippen molar-refractivity contribution in [3.8, 4) is 50.7 Å². The van der Waals surface area contributed by atoms with Gasteiger partial charge in [0, 0.05) is 165 Å². The number of aromatic carboxylic acids is 2. The number of carboxylic acid groups (broad SMARTS) is 2. The molecule has 0 saturated carbocycles. The number of aromatic hydroxyl groups is 1. The fraction of sp³-hybridized carbons (Fsp3) is 0.181. The van der Waals surface area contributed by atoms with E-state index in [9.17, 15) is 39.3 Å². The largest absolute Gasteiger partial charge is 0.545 e. The fourth-order valence-electron chi connectivity index (χ4n) is 19.2. The lowest BCUT2D eigenvalue weighted by Gasteiger charge is -2.25. The normalized spacial score (nSPS) is 11.5. The number of phenolic OH excluding ortho intramolecular Hbond substituents is 1. The Labute approximate surface area is 781 Å². The van der Waals surface area contributed by atoms with Crippen molar-refractivity contribution in [3.05, 3.63) is 358 Å². The van der Waals surface area contributed by atoms with Gasteiger partial charge in [0.2, 0.25) is 5.36 Å². The van der Waals surface area contributed by atoms with Gasteiger partial charge in [0.25, 0.3) is 11.8 Å². The number of carbonyl (C=O) groups excluding carboxylic acids is 3. The summed E-state index contributed by atoms with van der Waals surface area (Å²) in [5.41, 5.74) is 15.6. The molecule has 19 heteroatoms. The van der Waals surface area contributed by atoms with Crippen LogP contribution in [0.1, 0.15) is 111 Å². The van der Waals surface area contributed by atoms with Crippen LogP contribution < -0.4 is 36.0 Å². The van der Waals surface area contributed by atoms with E-state index in [1.807, 2.05) is 169 Å². The Bertz CT molecular complexity index is 7840. The molecule has 2 amide bonds. The van der Waals surface area contributed by atoms with Gasteiger partial charge in [-0.1, -0.05) is 190 Å². The molecule has 2 aliphatic carbocycles. The number of aromatic nitrogens is 3. The number of hydrogen-bond acceptors (Lipinski definition) is 15. The van der Waals surface area contributed by atoms with Crippen molar-refractivity contribution in [1.82, 2.24) is 29.3 Å². The van der Waals surface area contributed by atoms with Crippen LogP contribution in [0.4, 0.5) is 17.1 Å². The second kappa shape index (κ2) is 39.5. The van der Waals surface area contributed by atoms with Crippen molar-refractivity contribution >= 4 is 150 Å². The lowest BCUT2D eigenvalue weighted by atomic mass is 9.89. The number of benzene rings is 15. The summed E-state index contributed by atoms with van der Waals surface area (Å²) in [6, 6.07) is 99.0. The number of para-hydroxylation sites is 6. The Kier molecular flexibility index (Phi) is 26.2. The summed E-state index contributed by atoms with van der Waals surface area (Å²) in [6.07, 6.45) is 8.31. The molecule has 4 N–H and O–H groups in total. The van der Waals surface area contributed by atoms with Gasteiger partial charge in [-0.05, 0) is 204 Å². The van der Waals surface area contributed by atoms with Crippen LogP contribution in [0.3, 0.4) is 0 Å². The minimum absolute atomic E-state index is 0. The molecule has 4 aliphatic rings. The van der Waals surface area contributed by atoms with Crippen LogP contribution >= 0.6 is 0 Å². The van der Waals surface area contributed by atoms with E-state index in [0.717, 1.165) is 150 Å². The first-order valence-electron chi connectivity index (χ1n) is 45.8. The molecule has 0 bridgehead atoms. The minimum atomic E-state index is -1.36. The summed E-state index contributed by atoms with van der Waals surface area (Å²) in [5, 5.41) is 55.4. The highest BCUT2D eigenvalue weighted by atomic mass is 16.4. The SMILES string of the molecule is C.CN(C)c1ccc2c(-c3ccc(C(=O)N(CCCCCc4c5ccccc5cc5ccccc45)CCCNc4c5ccccc5nc5ccccc45)cc3C(=O)[O-])c3ccc(=[N+](C)C)cc-3oc2c1.O=C(O)c1cc(C(=O)N(CCCCCc2c3ccccc3nc3ccccc23)CCCNc2c3ccccc3nc3ccccc23)ccc1-c1c2ccc(=O)cc-2oc2cc(O)ccc12. The molecule has 135 heavy (non-hydrogen) atoms. The van der Waals surface area contributed by atoms with Crippen LogP contribution in [0.25, 0.3) is 154 Å². The second-order valence-electron chi connectivity index (χ2n) is 34.8. The highest BCUT2D eigenvalue weighted by Gasteiger charge is 2.29. The summed E-state index contributed by atoms with van der Waals surface area (Å²) in [4.78, 5) is 88.7. The van der Waals surface area contributed by atoms with E-state index in [2.05, 4.69) is 126 Å². The van der Waals surface area contributed by atoms with Gasteiger partial charge in [-0.25, -0.2) is 24.3 Å². The van der Waals surface area contributed by atoms with Gasteiger partial charge in [-0.15, -0.1) is 0 Å². The molecule has 0 radical (unpaired) electrons. The predicted octanol–water partition coefficient (Wildman–Crippen LogP) is 23.4. The Morgan fingerprint density at radius 2 is 0.778 bits per heavy atom. The van der Waals surface area contributed by atoms with Crippen LogP contribution in [0.15, 0.2) is 323 Å². The van der Waals surface area contributed by atoms with Crippen molar-refractivity contribution in [2.24, 2.45) is 0 Å². The van der Waals surface area contributed by atoms with Crippen LogP contribution in [0, 0.1) is 0 Å². The van der Waals surface area contributed by atoms with Crippen molar-refractivity contribution in [2.45, 2.75) is 71.6 Å². The average molecular weight is 1780 g/mol. The molecule has 0 spiro atoms. The number of anilines is 3. The van der Waals surface area contributed by atoms with Crippen molar-refractivity contribution < 1.29 is 43.3 Å². The first-order valence-corrected chi connectivity index (χ1v) is 45.8. The third-order valence-corrected chi connectivity index (χ3v) is 25.8. The number of carbonyl (C=O) groups is 4. The molecule has 2 aliphatic heterocycles. The number of nitrogens with one attached hydrogen (secondary N) is 2. The Hall–Kier alpha value is -16.2. The number of pyridine rings is 3. The number of nitrogens with zero attached hydrogens (tertiary/aromatic N) is 7. The second-order valence-corrected chi connectivity index (χ2v) is 34.8. The summed E-state index contributed by atoms with van der Waals surface area (Å²) in [7, 11) is 7.87. The van der Waals surface area contributed by atoms with E-state index in [-0.39, 0.29) is 58.5 Å². The zero-order chi connectivity index (χ0) is 92.0. The number of phenols is 1. The van der Waals surface area contributed by atoms with Gasteiger partial charge in [0.15, 0.2) is 5.43 Å². The van der Waals surface area contributed by atoms with Crippen LogP contribution in [-0.2, 0) is 12.8 Å². The van der Waals surface area contributed by atoms with E-state index in [0.29, 0.717) is 102 Å². The molecule has 20 rings (SSSR count). The molecular weight excluding hydrogens is 1680 g/mol. The third kappa shape index (κ3) is 18.6. The standard InChI is InChI=1S/C60H55N5O4.C55H44N4O6.CH4/c1-63(2)42-27-30-50-55(37-42)69-56-38-43(64(3)4)28-31-51(56)57(50)47-29-26-41(36-52(47)60(67)68)59(66)65(34-16-32-61-58-48-22-11-13-24-53(48)62-54-25-14-12-23-49(54)58)33-15-5-6-21-46-44-19-9-7-17-39(44)35-40-18-8-10-20-45(40)46;60-35-23-26-43-50(32-35)65-51-33-36(61)24-27-44(51)52(43)40-25-22-34(31-45(40)55(63)64)54(62)59(30-12-28-56-53-41-16-5-9-20-48(41)58-49-21-10-6-17-42(49)53)29-11-1-2-13-37-38-14-3-7-18-46(38)57-47-19-8-4-15-39(37)47;/h7-14,17-20,22-31,35-38H,5-6,15-16,21,32-34H2,1-4H3,(H-,61,62,67,68);3-10,14-27,31-33,60H,1-2,11-13,28-30H2,(H,56,58)(H,63,64);1H4. The van der Waals surface area contributed by atoms with E-state index in [4.69, 9.17) is 23.8 Å². The van der Waals surface area contributed by atoms with Gasteiger partial charge in [0.1, 0.15) is 42.5 Å². The Balaban J connectivity index is 0.000000179. The van der Waals surface area contributed by atoms with E-state index in [1.165, 1.54) is 69.1 Å². The highest BCUT2D eigenvalue weighted by molar-refractivity contribution is 6.13. The molecule has 19 nitrogen and oxygen atoms in total. The number of aryl methyl sites for hydroxylation is 2. The molecule has 0 saturated heterocycles. The molecule has 16 aromatic rings. The maximum Gasteiger partial charge on any atom is 0.336 e. The summed E-state index contributed by atoms with van der Waals surface area (Å²) >= 11 is 0. The van der Waals surface area contributed by atoms with Crippen LogP contribution in [-0.4, -0.2) is 126 Å². The fourth-order valence-corrected chi connectivity index (χ4v) is 19.2. The van der Waals surface area contributed by atoms with E-state index < -0.39 is 11.9 Å². The zero-order valence-electron chi connectivity index (χ0n) is 75.0. The highest BCUT2D eigenvalue weighted by Crippen LogP contribution is 2.46. The third-order valence-electron chi connectivity index (χ3n) is 25.8. The number of hydrogen-bond donors (Lipinski definition) is 4.